The number of benzene rings is 2. The first-order valence-corrected chi connectivity index (χ1v) is 10.9. The first kappa shape index (κ1) is 20.1. The smallest absolute Gasteiger partial charge is 0.254 e. The van der Waals surface area contributed by atoms with E-state index in [1.54, 1.807) is 9.80 Å². The number of fused-ring (bicyclic) bond motifs is 5. The third-order valence-corrected chi connectivity index (χ3v) is 7.03. The van der Waals surface area contributed by atoms with Crippen LogP contribution in [0.5, 0.6) is 0 Å². The highest BCUT2D eigenvalue weighted by molar-refractivity contribution is 6.31. The monoisotopic (exact) mass is 437 g/mol. The number of carbonyl (C=O) groups excluding carboxylic acids is 2. The Labute approximate surface area is 185 Å². The highest BCUT2D eigenvalue weighted by Crippen LogP contribution is 2.49. The second-order valence-electron chi connectivity index (χ2n) is 8.41. The predicted octanol–water partition coefficient (Wildman–Crippen LogP) is 3.24. The number of hydrogen-bond donors (Lipinski definition) is 2. The highest BCUT2D eigenvalue weighted by Gasteiger charge is 2.56. The van der Waals surface area contributed by atoms with Crippen molar-refractivity contribution in [2.75, 3.05) is 26.2 Å². The quantitative estimate of drug-likeness (QED) is 0.657. The van der Waals surface area contributed by atoms with E-state index in [1.807, 2.05) is 55.5 Å². The lowest BCUT2D eigenvalue weighted by atomic mass is 9.76. The largest absolute Gasteiger partial charge is 0.396 e. The molecule has 0 bridgehead atoms. The van der Waals surface area contributed by atoms with Crippen molar-refractivity contribution in [3.05, 3.63) is 70.4 Å². The molecule has 0 saturated carbocycles. The molecule has 2 aliphatic rings. The third kappa shape index (κ3) is 2.89. The van der Waals surface area contributed by atoms with Crippen molar-refractivity contribution in [1.29, 1.82) is 0 Å². The summed E-state index contributed by atoms with van der Waals surface area (Å²) in [4.78, 5) is 33.7. The number of aliphatic hydroxyl groups is 1. The molecule has 160 valence electrons. The molecule has 1 saturated heterocycles. The number of hydrogen-bond acceptors (Lipinski definition) is 3. The molecular formula is C24H24ClN3O3. The number of H-pyrrole nitrogens is 1. The number of carbonyl (C=O) groups is 2. The molecular weight excluding hydrogens is 414 g/mol. The number of amides is 2. The summed E-state index contributed by atoms with van der Waals surface area (Å²) in [5.41, 5.74) is 2.52. The van der Waals surface area contributed by atoms with Crippen LogP contribution in [0.3, 0.4) is 0 Å². The lowest BCUT2D eigenvalue weighted by Gasteiger charge is -2.51. The maximum absolute atomic E-state index is 13.7. The molecule has 3 aromatic rings. The Bertz CT molecular complexity index is 1190. The van der Waals surface area contributed by atoms with Crippen molar-refractivity contribution >= 4 is 34.3 Å². The maximum atomic E-state index is 13.7. The molecule has 0 aliphatic carbocycles. The molecule has 0 spiro atoms. The van der Waals surface area contributed by atoms with E-state index in [0.717, 1.165) is 27.7 Å². The zero-order chi connectivity index (χ0) is 21.8. The van der Waals surface area contributed by atoms with Crippen LogP contribution in [0.15, 0.2) is 48.5 Å². The van der Waals surface area contributed by atoms with Crippen LogP contribution in [-0.2, 0) is 15.1 Å². The van der Waals surface area contributed by atoms with Gasteiger partial charge in [0.05, 0.1) is 12.2 Å². The minimum atomic E-state index is -1.13. The van der Waals surface area contributed by atoms with E-state index < -0.39 is 5.54 Å². The Kier molecular flexibility index (Phi) is 4.79. The standard InChI is InChI=1S/C24H24ClN3O3/c1-24-22-21(16-8-3-5-10-19(16)26-22)17(15-7-2-4-9-18(15)25)13-28(24)20(30)14-27(23(24)31)11-6-12-29/h2-5,7-10,17,26,29H,6,11-14H2,1H3/t17-,24+/m1/s1. The van der Waals surface area contributed by atoms with Crippen LogP contribution >= 0.6 is 11.6 Å². The molecule has 2 N–H and O–H groups in total. The maximum Gasteiger partial charge on any atom is 0.254 e. The second-order valence-corrected chi connectivity index (χ2v) is 8.82. The Morgan fingerprint density at radius 1 is 1.16 bits per heavy atom. The molecule has 5 rings (SSSR count). The van der Waals surface area contributed by atoms with Gasteiger partial charge in [0.2, 0.25) is 5.91 Å². The number of piperazine rings is 1. The van der Waals surface area contributed by atoms with Crippen LogP contribution < -0.4 is 0 Å². The first-order valence-electron chi connectivity index (χ1n) is 10.5. The van der Waals surface area contributed by atoms with Gasteiger partial charge in [-0.15, -0.1) is 0 Å². The number of halogens is 1. The van der Waals surface area contributed by atoms with E-state index in [1.165, 1.54) is 0 Å². The highest BCUT2D eigenvalue weighted by atomic mass is 35.5. The predicted molar refractivity (Wildman–Crippen MR) is 119 cm³/mol. The topological polar surface area (TPSA) is 76.6 Å². The molecule has 6 nitrogen and oxygen atoms in total. The number of aromatic nitrogens is 1. The molecule has 2 atom stereocenters. The molecule has 2 aromatic carbocycles. The van der Waals surface area contributed by atoms with Crippen molar-refractivity contribution in [1.82, 2.24) is 14.8 Å². The molecule has 2 amide bonds. The minimum absolute atomic E-state index is 0.0232. The number of rotatable bonds is 4. The molecule has 31 heavy (non-hydrogen) atoms. The lowest BCUT2D eigenvalue weighted by molar-refractivity contribution is -0.166. The van der Waals surface area contributed by atoms with Gasteiger partial charge < -0.3 is 19.9 Å². The van der Waals surface area contributed by atoms with Crippen molar-refractivity contribution in [2.45, 2.75) is 24.8 Å². The van der Waals surface area contributed by atoms with Crippen LogP contribution in [0.4, 0.5) is 0 Å². The third-order valence-electron chi connectivity index (χ3n) is 6.68. The van der Waals surface area contributed by atoms with Gasteiger partial charge in [-0.1, -0.05) is 48.0 Å². The van der Waals surface area contributed by atoms with Crippen LogP contribution in [0.2, 0.25) is 5.02 Å². The van der Waals surface area contributed by atoms with E-state index in [0.29, 0.717) is 24.5 Å². The van der Waals surface area contributed by atoms with E-state index in [9.17, 15) is 14.7 Å². The molecule has 1 aromatic heterocycles. The summed E-state index contributed by atoms with van der Waals surface area (Å²) in [6.07, 6.45) is 0.441. The number of nitrogens with one attached hydrogen (secondary N) is 1. The van der Waals surface area contributed by atoms with Crippen molar-refractivity contribution in [2.24, 2.45) is 0 Å². The molecule has 0 unspecified atom stereocenters. The average molecular weight is 438 g/mol. The SMILES string of the molecule is C[C@]12C(=O)N(CCCO)CC(=O)N1C[C@H](c1ccccc1Cl)c1c2[nH]c2ccccc12. The van der Waals surface area contributed by atoms with E-state index in [2.05, 4.69) is 4.98 Å². The summed E-state index contributed by atoms with van der Waals surface area (Å²) in [6, 6.07) is 15.7. The summed E-state index contributed by atoms with van der Waals surface area (Å²) in [7, 11) is 0. The van der Waals surface area contributed by atoms with Gasteiger partial charge in [-0.3, -0.25) is 9.59 Å². The van der Waals surface area contributed by atoms with Crippen molar-refractivity contribution < 1.29 is 14.7 Å². The van der Waals surface area contributed by atoms with Crippen LogP contribution in [0, 0.1) is 0 Å². The van der Waals surface area contributed by atoms with Crippen LogP contribution in [0.25, 0.3) is 10.9 Å². The molecule has 7 heteroatoms. The summed E-state index contributed by atoms with van der Waals surface area (Å²) in [6.45, 7) is 2.57. The summed E-state index contributed by atoms with van der Waals surface area (Å²) in [5, 5.41) is 10.9. The Hall–Kier alpha value is -2.83. The Morgan fingerprint density at radius 3 is 2.68 bits per heavy atom. The fourth-order valence-corrected chi connectivity index (χ4v) is 5.42. The van der Waals surface area contributed by atoms with Gasteiger partial charge in [-0.25, -0.2) is 0 Å². The molecule has 3 heterocycles. The lowest BCUT2D eigenvalue weighted by Crippen LogP contribution is -2.67. The van der Waals surface area contributed by atoms with Gasteiger partial charge in [0.15, 0.2) is 5.54 Å². The second kappa shape index (κ2) is 7.39. The van der Waals surface area contributed by atoms with E-state index in [4.69, 9.17) is 11.6 Å². The zero-order valence-corrected chi connectivity index (χ0v) is 18.0. The van der Waals surface area contributed by atoms with Crippen molar-refractivity contribution in [3.63, 3.8) is 0 Å². The van der Waals surface area contributed by atoms with Gasteiger partial charge in [-0.2, -0.15) is 0 Å². The zero-order valence-electron chi connectivity index (χ0n) is 17.3. The van der Waals surface area contributed by atoms with Gasteiger partial charge >= 0.3 is 0 Å². The minimum Gasteiger partial charge on any atom is -0.396 e. The Balaban J connectivity index is 1.74. The van der Waals surface area contributed by atoms with Gasteiger partial charge in [-0.05, 0) is 36.6 Å². The molecule has 1 fully saturated rings. The average Bonchev–Trinajstić information content (AvgIpc) is 3.17. The van der Waals surface area contributed by atoms with E-state index >= 15 is 0 Å². The molecule has 2 aliphatic heterocycles. The van der Waals surface area contributed by atoms with Crippen LogP contribution in [0.1, 0.15) is 36.1 Å². The Morgan fingerprint density at radius 2 is 1.90 bits per heavy atom. The van der Waals surface area contributed by atoms with E-state index in [-0.39, 0.29) is 30.9 Å². The summed E-state index contributed by atoms with van der Waals surface area (Å²) in [5.74, 6) is -0.360. The fraction of sp³-hybridized carbons (Fsp3) is 0.333. The van der Waals surface area contributed by atoms with Gasteiger partial charge in [0.25, 0.3) is 5.91 Å². The first-order chi connectivity index (χ1) is 15.0. The molecule has 0 radical (unpaired) electrons. The van der Waals surface area contributed by atoms with Gasteiger partial charge in [0, 0.05) is 41.5 Å². The van der Waals surface area contributed by atoms with Crippen molar-refractivity contribution in [3.8, 4) is 0 Å². The fourth-order valence-electron chi connectivity index (χ4n) is 5.16. The number of aromatic amines is 1. The number of aliphatic hydroxyl groups excluding tert-OH is 1. The summed E-state index contributed by atoms with van der Waals surface area (Å²) < 4.78 is 0. The number of nitrogens with zero attached hydrogens (tertiary/aromatic N) is 2. The van der Waals surface area contributed by atoms with Crippen LogP contribution in [-0.4, -0.2) is 57.9 Å². The van der Waals surface area contributed by atoms with Gasteiger partial charge in [0.1, 0.15) is 0 Å². The normalized spacial score (nSPS) is 23.3. The summed E-state index contributed by atoms with van der Waals surface area (Å²) >= 11 is 6.59. The number of para-hydroxylation sites is 1.